The molecular weight excluding hydrogens is 367 g/mol. The molecule has 1 N–H and O–H groups in total. The molecule has 2 aromatic rings. The minimum atomic E-state index is -1.14. The maximum absolute atomic E-state index is 13.2. The molecule has 0 aromatic heterocycles. The molecule has 0 fully saturated rings. The number of rotatable bonds is 4. The van der Waals surface area contributed by atoms with Crippen LogP contribution in [0.3, 0.4) is 0 Å². The van der Waals surface area contributed by atoms with Crippen molar-refractivity contribution in [2.24, 2.45) is 0 Å². The Bertz CT molecular complexity index is 917. The Kier molecular flexibility index (Phi) is 5.58. The van der Waals surface area contributed by atoms with Crippen LogP contribution in [0.2, 0.25) is 0 Å². The van der Waals surface area contributed by atoms with Crippen molar-refractivity contribution in [1.29, 1.82) is 0 Å². The highest BCUT2D eigenvalue weighted by molar-refractivity contribution is 5.97. The number of halogens is 1. The third-order valence-electron chi connectivity index (χ3n) is 4.17. The number of nitrogens with zero attached hydrogens (tertiary/aromatic N) is 1. The first-order valence-electron chi connectivity index (χ1n) is 8.66. The van der Waals surface area contributed by atoms with Gasteiger partial charge in [0.15, 0.2) is 6.10 Å². The van der Waals surface area contributed by atoms with Gasteiger partial charge in [0, 0.05) is 12.6 Å². The van der Waals surface area contributed by atoms with Gasteiger partial charge in [-0.05, 0) is 37.3 Å². The maximum Gasteiger partial charge on any atom is 0.350 e. The molecule has 1 aliphatic rings. The first-order chi connectivity index (χ1) is 13.3. The number of nitrogens with one attached hydrogen (secondary N) is 1. The van der Waals surface area contributed by atoms with Crippen molar-refractivity contribution in [2.75, 3.05) is 16.8 Å². The number of ether oxygens (including phenoxy) is 2. The Morgan fingerprint density at radius 3 is 2.68 bits per heavy atom. The first-order valence-corrected chi connectivity index (χ1v) is 8.66. The van der Waals surface area contributed by atoms with Gasteiger partial charge < -0.3 is 19.7 Å². The summed E-state index contributed by atoms with van der Waals surface area (Å²) in [6, 6.07) is 12.2. The summed E-state index contributed by atoms with van der Waals surface area (Å²) in [5.74, 6) is -1.75. The van der Waals surface area contributed by atoms with E-state index < -0.39 is 29.9 Å². The highest BCUT2D eigenvalue weighted by atomic mass is 19.1. The fourth-order valence-electron chi connectivity index (χ4n) is 2.77. The largest absolute Gasteiger partial charge is 0.475 e. The predicted octanol–water partition coefficient (Wildman–Crippen LogP) is 2.51. The van der Waals surface area contributed by atoms with Gasteiger partial charge in [0.25, 0.3) is 5.91 Å². The van der Waals surface area contributed by atoms with Gasteiger partial charge in [-0.1, -0.05) is 18.2 Å². The number of anilines is 2. The lowest BCUT2D eigenvalue weighted by molar-refractivity contribution is -0.160. The molecule has 0 spiro atoms. The highest BCUT2D eigenvalue weighted by Crippen LogP contribution is 2.33. The molecule has 0 bridgehead atoms. The number of amides is 2. The van der Waals surface area contributed by atoms with Crippen molar-refractivity contribution < 1.29 is 28.2 Å². The number of para-hydroxylation sites is 2. The summed E-state index contributed by atoms with van der Waals surface area (Å²) in [6.45, 7) is 2.76. The summed E-state index contributed by atoms with van der Waals surface area (Å²) >= 11 is 0. The summed E-state index contributed by atoms with van der Waals surface area (Å²) in [7, 11) is 0. The smallest absolute Gasteiger partial charge is 0.350 e. The third-order valence-corrected chi connectivity index (χ3v) is 4.17. The fraction of sp³-hybridized carbons (Fsp3) is 0.250. The van der Waals surface area contributed by atoms with Crippen LogP contribution in [0.4, 0.5) is 15.8 Å². The van der Waals surface area contributed by atoms with E-state index >= 15 is 0 Å². The van der Waals surface area contributed by atoms with Crippen LogP contribution in [-0.4, -0.2) is 36.5 Å². The molecule has 146 valence electrons. The van der Waals surface area contributed by atoms with Crippen LogP contribution in [0, 0.1) is 5.82 Å². The molecule has 8 heteroatoms. The van der Waals surface area contributed by atoms with Crippen molar-refractivity contribution in [3.63, 3.8) is 0 Å². The number of hydrogen-bond donors (Lipinski definition) is 1. The molecule has 2 amide bonds. The molecule has 2 aromatic carbocycles. The van der Waals surface area contributed by atoms with E-state index in [0.29, 0.717) is 11.4 Å². The van der Waals surface area contributed by atoms with E-state index in [1.165, 1.54) is 36.9 Å². The number of esters is 1. The Balaban J connectivity index is 1.65. The SMILES string of the molecule is CC(=O)N1C[C@H](C(=O)O[C@@H](C)C(=O)Nc2cccc(F)c2)Oc2ccccc21. The second-order valence-corrected chi connectivity index (χ2v) is 6.28. The average Bonchev–Trinajstić information content (AvgIpc) is 2.66. The lowest BCUT2D eigenvalue weighted by Crippen LogP contribution is -2.48. The second kappa shape index (κ2) is 8.08. The van der Waals surface area contributed by atoms with Crippen LogP contribution in [0.1, 0.15) is 13.8 Å². The second-order valence-electron chi connectivity index (χ2n) is 6.28. The van der Waals surface area contributed by atoms with Crippen LogP contribution < -0.4 is 15.0 Å². The molecule has 1 heterocycles. The van der Waals surface area contributed by atoms with Gasteiger partial charge in [0.1, 0.15) is 11.6 Å². The summed E-state index contributed by atoms with van der Waals surface area (Å²) < 4.78 is 24.0. The van der Waals surface area contributed by atoms with Gasteiger partial charge in [-0.3, -0.25) is 9.59 Å². The van der Waals surface area contributed by atoms with E-state index in [2.05, 4.69) is 5.32 Å². The molecule has 0 saturated heterocycles. The van der Waals surface area contributed by atoms with E-state index in [1.807, 2.05) is 0 Å². The fourth-order valence-corrected chi connectivity index (χ4v) is 2.77. The van der Waals surface area contributed by atoms with E-state index in [-0.39, 0.29) is 18.1 Å². The first kappa shape index (κ1) is 19.3. The van der Waals surface area contributed by atoms with Gasteiger partial charge in [-0.2, -0.15) is 0 Å². The molecular formula is C20H19FN2O5. The lowest BCUT2D eigenvalue weighted by atomic mass is 10.2. The molecule has 0 radical (unpaired) electrons. The van der Waals surface area contributed by atoms with Crippen LogP contribution in [-0.2, 0) is 19.1 Å². The van der Waals surface area contributed by atoms with Crippen LogP contribution in [0.25, 0.3) is 0 Å². The van der Waals surface area contributed by atoms with Crippen molar-refractivity contribution in [2.45, 2.75) is 26.1 Å². The normalized spacial score (nSPS) is 16.4. The standard InChI is InChI=1S/C20H19FN2O5/c1-12(19(25)22-15-7-5-6-14(21)10-15)27-20(26)18-11-23(13(2)24)16-8-3-4-9-17(16)28-18/h3-10,12,18H,11H2,1-2H3,(H,22,25)/t12-,18+/m0/s1. The van der Waals surface area contributed by atoms with Gasteiger partial charge >= 0.3 is 5.97 Å². The number of carbonyl (C=O) groups excluding carboxylic acids is 3. The Morgan fingerprint density at radius 2 is 1.96 bits per heavy atom. The van der Waals surface area contributed by atoms with Crippen LogP contribution >= 0.6 is 0 Å². The summed E-state index contributed by atoms with van der Waals surface area (Å²) in [6.07, 6.45) is -2.20. The summed E-state index contributed by atoms with van der Waals surface area (Å²) in [5.41, 5.74) is 0.814. The number of carbonyl (C=O) groups is 3. The van der Waals surface area contributed by atoms with Crippen molar-refractivity contribution in [1.82, 2.24) is 0 Å². The lowest BCUT2D eigenvalue weighted by Gasteiger charge is -2.33. The van der Waals surface area contributed by atoms with Gasteiger partial charge in [-0.25, -0.2) is 9.18 Å². The molecule has 3 rings (SSSR count). The molecule has 0 aliphatic carbocycles. The topological polar surface area (TPSA) is 84.9 Å². The highest BCUT2D eigenvalue weighted by Gasteiger charge is 2.35. The minimum Gasteiger partial charge on any atom is -0.475 e. The molecule has 1 aliphatic heterocycles. The number of benzene rings is 2. The number of hydrogen-bond acceptors (Lipinski definition) is 5. The van der Waals surface area contributed by atoms with Crippen LogP contribution in [0.5, 0.6) is 5.75 Å². The predicted molar refractivity (Wildman–Crippen MR) is 99.5 cm³/mol. The Hall–Kier alpha value is -3.42. The molecule has 28 heavy (non-hydrogen) atoms. The van der Waals surface area contributed by atoms with Crippen molar-refractivity contribution >= 4 is 29.2 Å². The zero-order valence-corrected chi connectivity index (χ0v) is 15.3. The molecule has 0 unspecified atom stereocenters. The number of fused-ring (bicyclic) bond motifs is 1. The molecule has 2 atom stereocenters. The minimum absolute atomic E-state index is 0.0244. The third kappa shape index (κ3) is 4.28. The van der Waals surface area contributed by atoms with E-state index in [0.717, 1.165) is 6.07 Å². The van der Waals surface area contributed by atoms with E-state index in [9.17, 15) is 18.8 Å². The van der Waals surface area contributed by atoms with Gasteiger partial charge in [0.2, 0.25) is 12.0 Å². The zero-order valence-electron chi connectivity index (χ0n) is 15.3. The van der Waals surface area contributed by atoms with Crippen LogP contribution in [0.15, 0.2) is 48.5 Å². The zero-order chi connectivity index (χ0) is 20.3. The summed E-state index contributed by atoms with van der Waals surface area (Å²) in [4.78, 5) is 38.0. The quantitative estimate of drug-likeness (QED) is 0.817. The average molecular weight is 386 g/mol. The van der Waals surface area contributed by atoms with E-state index in [1.54, 1.807) is 24.3 Å². The van der Waals surface area contributed by atoms with Crippen molar-refractivity contribution in [3.8, 4) is 5.75 Å². The molecule has 0 saturated carbocycles. The van der Waals surface area contributed by atoms with Gasteiger partial charge in [0.05, 0.1) is 12.2 Å². The molecule has 7 nitrogen and oxygen atoms in total. The monoisotopic (exact) mass is 386 g/mol. The van der Waals surface area contributed by atoms with Gasteiger partial charge in [-0.15, -0.1) is 0 Å². The summed E-state index contributed by atoms with van der Waals surface area (Å²) in [5, 5.41) is 2.47. The Labute approximate surface area is 161 Å². The Morgan fingerprint density at radius 1 is 1.21 bits per heavy atom. The van der Waals surface area contributed by atoms with Crippen molar-refractivity contribution in [3.05, 3.63) is 54.3 Å². The maximum atomic E-state index is 13.2. The van der Waals surface area contributed by atoms with E-state index in [4.69, 9.17) is 9.47 Å².